The zero-order chi connectivity index (χ0) is 19.6. The molecule has 0 aliphatic heterocycles. The Balaban J connectivity index is 0.000000333. The highest BCUT2D eigenvalue weighted by atomic mass is 35.5. The van der Waals surface area contributed by atoms with Crippen molar-refractivity contribution in [3.8, 4) is 5.75 Å². The molecule has 5 nitrogen and oxygen atoms in total. The first kappa shape index (κ1) is 21.7. The van der Waals surface area contributed by atoms with Gasteiger partial charge in [-0.1, -0.05) is 11.6 Å². The summed E-state index contributed by atoms with van der Waals surface area (Å²) in [6.07, 6.45) is 1.66. The molecule has 1 aromatic heterocycles. The Hall–Kier alpha value is -1.36. The molecule has 0 atom stereocenters. The van der Waals surface area contributed by atoms with Crippen molar-refractivity contribution in [3.05, 3.63) is 35.0 Å². The molecule has 1 heterocycles. The zero-order valence-electron chi connectivity index (χ0n) is 13.8. The second-order valence-electron chi connectivity index (χ2n) is 6.00. The maximum Gasteiger partial charge on any atom is 0.485 e. The standard InChI is InChI=1S/C13H16ClO2Si.CHF3O3S/c1-9-7-13-10(8-11(9)14)12(5-6-15-13)16-17(2,3)4;2-1(3,4)8(5,6)7/h5-8H,1-4H3;(H,5,6,7)/q+1;/p-1. The molecule has 0 unspecified atom stereocenters. The first-order valence-corrected chi connectivity index (χ1v) is 12.0. The van der Waals surface area contributed by atoms with Crippen molar-refractivity contribution in [1.29, 1.82) is 0 Å². The maximum absolute atomic E-state index is 10.7. The first-order valence-electron chi connectivity index (χ1n) is 6.83. The molecule has 0 aliphatic carbocycles. The quantitative estimate of drug-likeness (QED) is 0.300. The minimum atomic E-state index is -6.09. The van der Waals surface area contributed by atoms with E-state index in [1.807, 2.05) is 25.1 Å². The van der Waals surface area contributed by atoms with Crippen LogP contribution in [0.25, 0.3) is 11.0 Å². The molecule has 1 aromatic carbocycles. The van der Waals surface area contributed by atoms with E-state index < -0.39 is 23.9 Å². The molecule has 25 heavy (non-hydrogen) atoms. The maximum atomic E-state index is 10.7. The number of aryl methyl sites for hydroxylation is 1. The van der Waals surface area contributed by atoms with Crippen molar-refractivity contribution in [2.24, 2.45) is 0 Å². The van der Waals surface area contributed by atoms with E-state index in [9.17, 15) is 13.2 Å². The van der Waals surface area contributed by atoms with E-state index in [0.717, 1.165) is 27.3 Å². The van der Waals surface area contributed by atoms with Gasteiger partial charge >= 0.3 is 17.4 Å². The number of hydrogen-bond donors (Lipinski definition) is 0. The summed E-state index contributed by atoms with van der Waals surface area (Å²) in [6.45, 7) is 8.42. The summed E-state index contributed by atoms with van der Waals surface area (Å²) >= 11 is 6.14. The molecule has 0 N–H and O–H groups in total. The highest BCUT2D eigenvalue weighted by molar-refractivity contribution is 7.86. The lowest BCUT2D eigenvalue weighted by Crippen LogP contribution is -2.29. The average molecular weight is 417 g/mol. The fourth-order valence-electron chi connectivity index (χ4n) is 1.62. The lowest BCUT2D eigenvalue weighted by Gasteiger charge is -2.18. The van der Waals surface area contributed by atoms with Gasteiger partial charge in [0, 0.05) is 11.1 Å². The summed E-state index contributed by atoms with van der Waals surface area (Å²) in [5.74, 6) is 0.854. The highest BCUT2D eigenvalue weighted by Crippen LogP contribution is 2.31. The van der Waals surface area contributed by atoms with Crippen LogP contribution in [0.2, 0.25) is 24.7 Å². The topological polar surface area (TPSA) is 77.7 Å². The van der Waals surface area contributed by atoms with Crippen molar-refractivity contribution in [2.45, 2.75) is 32.1 Å². The highest BCUT2D eigenvalue weighted by Gasteiger charge is 2.36. The van der Waals surface area contributed by atoms with Gasteiger partial charge in [0.05, 0.1) is 6.07 Å². The van der Waals surface area contributed by atoms with E-state index in [0.29, 0.717) is 0 Å². The number of benzene rings is 1. The normalized spacial score (nSPS) is 12.5. The van der Waals surface area contributed by atoms with Crippen molar-refractivity contribution >= 4 is 41.0 Å². The van der Waals surface area contributed by atoms with Crippen LogP contribution in [0.1, 0.15) is 5.56 Å². The van der Waals surface area contributed by atoms with Gasteiger partial charge in [0.15, 0.2) is 10.1 Å². The van der Waals surface area contributed by atoms with Crippen LogP contribution in [0.15, 0.2) is 28.9 Å². The lowest BCUT2D eigenvalue weighted by molar-refractivity contribution is -0.0517. The Morgan fingerprint density at radius 2 is 1.76 bits per heavy atom. The minimum Gasteiger partial charge on any atom is -0.741 e. The third-order valence-corrected chi connectivity index (χ3v) is 4.45. The van der Waals surface area contributed by atoms with Crippen LogP contribution in [0, 0.1) is 6.92 Å². The van der Waals surface area contributed by atoms with E-state index >= 15 is 0 Å². The van der Waals surface area contributed by atoms with Gasteiger partial charge in [-0.2, -0.15) is 13.2 Å². The Labute approximate surface area is 149 Å². The van der Waals surface area contributed by atoms with E-state index in [1.165, 1.54) is 0 Å². The van der Waals surface area contributed by atoms with Crippen molar-refractivity contribution in [1.82, 2.24) is 0 Å². The van der Waals surface area contributed by atoms with Crippen LogP contribution in [0.3, 0.4) is 0 Å². The molecule has 0 saturated heterocycles. The number of fused-ring (bicyclic) bond motifs is 1. The Bertz CT molecular complexity index is 863. The minimum absolute atomic E-state index is 0.735. The van der Waals surface area contributed by atoms with Crippen LogP contribution in [-0.2, 0) is 10.1 Å². The number of rotatable bonds is 2. The third-order valence-electron chi connectivity index (χ3n) is 2.64. The van der Waals surface area contributed by atoms with Crippen molar-refractivity contribution < 1.29 is 35.0 Å². The largest absolute Gasteiger partial charge is 0.741 e. The van der Waals surface area contributed by atoms with Crippen LogP contribution < -0.4 is 4.43 Å². The molecule has 11 heteroatoms. The van der Waals surface area contributed by atoms with Gasteiger partial charge in [-0.3, -0.25) is 0 Å². The Morgan fingerprint density at radius 3 is 2.20 bits per heavy atom. The number of alkyl halides is 3. The van der Waals surface area contributed by atoms with Gasteiger partial charge in [0.1, 0.15) is 11.1 Å². The van der Waals surface area contributed by atoms with Crippen LogP contribution in [0.5, 0.6) is 5.75 Å². The molecular formula is C14H16ClF3O5SSi. The summed E-state index contributed by atoms with van der Waals surface area (Å²) in [4.78, 5) is 0. The first-order chi connectivity index (χ1) is 11.1. The average Bonchev–Trinajstić information content (AvgIpc) is 2.38. The molecule has 0 fully saturated rings. The SMILES string of the molecule is Cc1cc2[o+]ccc(O[Si](C)(C)C)c2cc1Cl.O=S(=O)([O-])C(F)(F)F. The van der Waals surface area contributed by atoms with Crippen molar-refractivity contribution in [2.75, 3.05) is 0 Å². The van der Waals surface area contributed by atoms with Gasteiger partial charge in [-0.05, 0) is 38.2 Å². The molecule has 0 saturated carbocycles. The lowest BCUT2D eigenvalue weighted by atomic mass is 10.1. The Kier molecular flexibility index (Phi) is 6.49. The van der Waals surface area contributed by atoms with Crippen LogP contribution >= 0.6 is 11.6 Å². The molecule has 2 rings (SSSR count). The molecule has 0 bridgehead atoms. The smallest absolute Gasteiger partial charge is 0.485 e. The van der Waals surface area contributed by atoms with Crippen molar-refractivity contribution in [3.63, 3.8) is 0 Å². The molecule has 0 aliphatic rings. The fraction of sp³-hybridized carbons (Fsp3) is 0.357. The van der Waals surface area contributed by atoms with E-state index in [4.69, 9.17) is 33.4 Å². The Morgan fingerprint density at radius 1 is 1.24 bits per heavy atom. The van der Waals surface area contributed by atoms with Gasteiger partial charge < -0.3 is 8.98 Å². The van der Waals surface area contributed by atoms with Gasteiger partial charge in [-0.15, -0.1) is 0 Å². The summed E-state index contributed by atoms with van der Waals surface area (Å²) in [7, 11) is -7.72. The molecule has 0 radical (unpaired) electrons. The second-order valence-corrected chi connectivity index (χ2v) is 12.2. The molecule has 140 valence electrons. The summed E-state index contributed by atoms with van der Waals surface area (Å²) in [5, 5.41) is 1.67. The van der Waals surface area contributed by atoms with Gasteiger partial charge in [0.2, 0.25) is 8.32 Å². The predicted molar refractivity (Wildman–Crippen MR) is 90.1 cm³/mol. The molecular weight excluding hydrogens is 401 g/mol. The van der Waals surface area contributed by atoms with Crippen LogP contribution in [-0.4, -0.2) is 26.8 Å². The molecule has 0 spiro atoms. The van der Waals surface area contributed by atoms with E-state index in [2.05, 4.69) is 19.6 Å². The summed E-state index contributed by atoms with van der Waals surface area (Å²) in [5.41, 5.74) is -3.83. The number of hydrogen-bond acceptors (Lipinski definition) is 4. The number of halogens is 4. The van der Waals surface area contributed by atoms with Gasteiger partial charge in [-0.25, -0.2) is 12.8 Å². The summed E-state index contributed by atoms with van der Waals surface area (Å²) in [6, 6.07) is 5.70. The second kappa shape index (κ2) is 7.48. The van der Waals surface area contributed by atoms with Crippen LogP contribution in [0.4, 0.5) is 13.2 Å². The van der Waals surface area contributed by atoms with E-state index in [-0.39, 0.29) is 0 Å². The molecule has 0 amide bonds. The predicted octanol–water partition coefficient (Wildman–Crippen LogP) is 4.94. The van der Waals surface area contributed by atoms with Gasteiger partial charge in [0.25, 0.3) is 0 Å². The fourth-order valence-corrected chi connectivity index (χ4v) is 2.62. The molecule has 2 aromatic rings. The van der Waals surface area contributed by atoms with E-state index in [1.54, 1.807) is 6.26 Å². The monoisotopic (exact) mass is 416 g/mol. The zero-order valence-corrected chi connectivity index (χ0v) is 16.3. The summed E-state index contributed by atoms with van der Waals surface area (Å²) < 4.78 is 70.4. The third kappa shape index (κ3) is 6.46.